The molecule has 0 radical (unpaired) electrons. The fourth-order valence-electron chi connectivity index (χ4n) is 1.47. The summed E-state index contributed by atoms with van der Waals surface area (Å²) in [6.45, 7) is 1.59. The van der Waals surface area contributed by atoms with Crippen LogP contribution in [0, 0.1) is 0 Å². The Balaban J connectivity index is 0.00000324. The number of carbonyl (C=O) groups is 1. The first-order valence-corrected chi connectivity index (χ1v) is 7.21. The summed E-state index contributed by atoms with van der Waals surface area (Å²) in [5.41, 5.74) is 6.52. The molecule has 0 aromatic heterocycles. The second-order valence-corrected chi connectivity index (χ2v) is 6.14. The lowest BCUT2D eigenvalue weighted by molar-refractivity contribution is -0.141. The van der Waals surface area contributed by atoms with Crippen molar-refractivity contribution in [1.29, 1.82) is 0 Å². The van der Waals surface area contributed by atoms with Gasteiger partial charge in [0.15, 0.2) is 9.84 Å². The minimum atomic E-state index is -3.20. The molecule has 0 saturated carbocycles. The maximum Gasteiger partial charge on any atom is 0.307 e. The highest BCUT2D eigenvalue weighted by Gasteiger charge is 2.14. The standard InChI is InChI=1S/C12H17NO4S.ClH/c1-3-18(15,16)10-6-4-9(5-7-10)11(13)8-12(14)17-2;/h4-7,11H,3,8,13H2,1-2H3;1H. The van der Waals surface area contributed by atoms with Gasteiger partial charge >= 0.3 is 5.97 Å². The Kier molecular flexibility index (Phi) is 7.04. The SMILES string of the molecule is CCS(=O)(=O)c1ccc(C(N)CC(=O)OC)cc1.Cl. The van der Waals surface area contributed by atoms with E-state index in [2.05, 4.69) is 4.74 Å². The average Bonchev–Trinajstić information content (AvgIpc) is 2.38. The maximum atomic E-state index is 11.6. The molecule has 19 heavy (non-hydrogen) atoms. The van der Waals surface area contributed by atoms with Gasteiger partial charge in [-0.25, -0.2) is 8.42 Å². The van der Waals surface area contributed by atoms with Gasteiger partial charge in [-0.2, -0.15) is 0 Å². The zero-order valence-electron chi connectivity index (χ0n) is 10.8. The van der Waals surface area contributed by atoms with E-state index in [9.17, 15) is 13.2 Å². The molecule has 7 heteroatoms. The van der Waals surface area contributed by atoms with E-state index in [1.807, 2.05) is 0 Å². The largest absolute Gasteiger partial charge is 0.469 e. The highest BCUT2D eigenvalue weighted by molar-refractivity contribution is 7.91. The molecule has 0 aliphatic heterocycles. The van der Waals surface area contributed by atoms with Crippen LogP contribution in [0.25, 0.3) is 0 Å². The first kappa shape index (κ1) is 17.9. The Morgan fingerprint density at radius 3 is 2.26 bits per heavy atom. The molecule has 1 unspecified atom stereocenters. The Hall–Kier alpha value is -1.11. The number of rotatable bonds is 5. The van der Waals surface area contributed by atoms with Crippen molar-refractivity contribution >= 4 is 28.2 Å². The molecule has 0 bridgehead atoms. The number of ether oxygens (including phenoxy) is 1. The van der Waals surface area contributed by atoms with Crippen LogP contribution < -0.4 is 5.73 Å². The van der Waals surface area contributed by atoms with E-state index in [0.29, 0.717) is 5.56 Å². The lowest BCUT2D eigenvalue weighted by atomic mass is 10.1. The predicted molar refractivity (Wildman–Crippen MR) is 75.0 cm³/mol. The smallest absolute Gasteiger partial charge is 0.307 e. The summed E-state index contributed by atoms with van der Waals surface area (Å²) in [4.78, 5) is 11.3. The number of hydrogen-bond acceptors (Lipinski definition) is 5. The van der Waals surface area contributed by atoms with Crippen molar-refractivity contribution in [2.24, 2.45) is 5.73 Å². The Morgan fingerprint density at radius 2 is 1.84 bits per heavy atom. The van der Waals surface area contributed by atoms with Crippen molar-refractivity contribution < 1.29 is 17.9 Å². The summed E-state index contributed by atoms with van der Waals surface area (Å²) in [7, 11) is -1.90. The summed E-state index contributed by atoms with van der Waals surface area (Å²) in [5.74, 6) is -0.339. The fraction of sp³-hybridized carbons (Fsp3) is 0.417. The molecular weight excluding hydrogens is 290 g/mol. The summed E-state index contributed by atoms with van der Waals surface area (Å²) >= 11 is 0. The second-order valence-electron chi connectivity index (χ2n) is 3.86. The van der Waals surface area contributed by atoms with Crippen molar-refractivity contribution in [2.75, 3.05) is 12.9 Å². The number of methoxy groups -OCH3 is 1. The van der Waals surface area contributed by atoms with E-state index >= 15 is 0 Å². The molecule has 1 aromatic rings. The quantitative estimate of drug-likeness (QED) is 0.832. The third-order valence-corrected chi connectivity index (χ3v) is 4.41. The van der Waals surface area contributed by atoms with Gasteiger partial charge in [0.25, 0.3) is 0 Å². The van der Waals surface area contributed by atoms with Crippen LogP contribution in [0.15, 0.2) is 29.2 Å². The van der Waals surface area contributed by atoms with Crippen molar-refractivity contribution in [3.63, 3.8) is 0 Å². The van der Waals surface area contributed by atoms with Crippen molar-refractivity contribution in [2.45, 2.75) is 24.3 Å². The number of halogens is 1. The number of sulfone groups is 1. The van der Waals surface area contributed by atoms with Crippen molar-refractivity contribution in [1.82, 2.24) is 0 Å². The number of esters is 1. The lowest BCUT2D eigenvalue weighted by Gasteiger charge is -2.11. The van der Waals surface area contributed by atoms with Crippen LogP contribution in [-0.4, -0.2) is 27.2 Å². The fourth-order valence-corrected chi connectivity index (χ4v) is 2.35. The van der Waals surface area contributed by atoms with Crippen molar-refractivity contribution in [3.8, 4) is 0 Å². The molecule has 0 aliphatic rings. The summed E-state index contributed by atoms with van der Waals surface area (Å²) < 4.78 is 27.7. The molecule has 0 aliphatic carbocycles. The van der Waals surface area contributed by atoms with Gasteiger partial charge in [0.1, 0.15) is 0 Å². The van der Waals surface area contributed by atoms with E-state index in [1.54, 1.807) is 19.1 Å². The third kappa shape index (κ3) is 4.81. The zero-order chi connectivity index (χ0) is 13.8. The van der Waals surface area contributed by atoms with Gasteiger partial charge in [0, 0.05) is 6.04 Å². The number of carbonyl (C=O) groups excluding carboxylic acids is 1. The second kappa shape index (κ2) is 7.47. The van der Waals surface area contributed by atoms with Crippen LogP contribution in [-0.2, 0) is 19.4 Å². The highest BCUT2D eigenvalue weighted by Crippen LogP contribution is 2.18. The minimum Gasteiger partial charge on any atom is -0.469 e. The average molecular weight is 308 g/mol. The maximum absolute atomic E-state index is 11.6. The molecule has 0 amide bonds. The predicted octanol–water partition coefficient (Wildman–Crippen LogP) is 1.46. The highest BCUT2D eigenvalue weighted by atomic mass is 35.5. The molecule has 0 spiro atoms. The summed E-state index contributed by atoms with van der Waals surface area (Å²) in [5, 5.41) is 0. The third-order valence-electron chi connectivity index (χ3n) is 2.66. The first-order valence-electron chi connectivity index (χ1n) is 5.55. The van der Waals surface area contributed by atoms with Crippen LogP contribution in [0.1, 0.15) is 24.9 Å². The van der Waals surface area contributed by atoms with Gasteiger partial charge in [-0.3, -0.25) is 4.79 Å². The molecule has 108 valence electrons. The lowest BCUT2D eigenvalue weighted by Crippen LogP contribution is -2.16. The Labute approximate surface area is 119 Å². The number of hydrogen-bond donors (Lipinski definition) is 1. The normalized spacial score (nSPS) is 12.4. The van der Waals surface area contributed by atoms with Gasteiger partial charge in [0.05, 0.1) is 24.2 Å². The van der Waals surface area contributed by atoms with E-state index < -0.39 is 21.8 Å². The van der Waals surface area contributed by atoms with Gasteiger partial charge in [-0.1, -0.05) is 19.1 Å². The minimum absolute atomic E-state index is 0. The molecule has 0 saturated heterocycles. The molecule has 1 aromatic carbocycles. The van der Waals surface area contributed by atoms with Gasteiger partial charge in [0.2, 0.25) is 0 Å². The molecule has 1 atom stereocenters. The molecule has 0 fully saturated rings. The Bertz CT molecular complexity index is 513. The number of benzene rings is 1. The van der Waals surface area contributed by atoms with E-state index in [-0.39, 0.29) is 29.5 Å². The van der Waals surface area contributed by atoms with Crippen LogP contribution in [0.2, 0.25) is 0 Å². The van der Waals surface area contributed by atoms with Crippen LogP contribution in [0.3, 0.4) is 0 Å². The van der Waals surface area contributed by atoms with Gasteiger partial charge in [-0.05, 0) is 17.7 Å². The van der Waals surface area contributed by atoms with E-state index in [1.165, 1.54) is 19.2 Å². The topological polar surface area (TPSA) is 86.5 Å². The molecule has 2 N–H and O–H groups in total. The van der Waals surface area contributed by atoms with E-state index in [0.717, 1.165) is 0 Å². The first-order chi connectivity index (χ1) is 8.40. The van der Waals surface area contributed by atoms with E-state index in [4.69, 9.17) is 5.73 Å². The number of nitrogens with two attached hydrogens (primary N) is 1. The molecule has 0 heterocycles. The zero-order valence-corrected chi connectivity index (χ0v) is 12.5. The molecule has 1 rings (SSSR count). The Morgan fingerprint density at radius 1 is 1.32 bits per heavy atom. The monoisotopic (exact) mass is 307 g/mol. The summed E-state index contributed by atoms with van der Waals surface area (Å²) in [6.07, 6.45) is 0.0658. The van der Waals surface area contributed by atoms with Crippen LogP contribution in [0.5, 0.6) is 0 Å². The van der Waals surface area contributed by atoms with Crippen LogP contribution >= 0.6 is 12.4 Å². The molecular formula is C12H18ClNO4S. The molecule has 5 nitrogen and oxygen atoms in total. The summed E-state index contributed by atoms with van der Waals surface area (Å²) in [6, 6.07) is 5.76. The van der Waals surface area contributed by atoms with Gasteiger partial charge in [-0.15, -0.1) is 12.4 Å². The van der Waals surface area contributed by atoms with Gasteiger partial charge < -0.3 is 10.5 Å². The van der Waals surface area contributed by atoms with Crippen LogP contribution in [0.4, 0.5) is 0 Å². The van der Waals surface area contributed by atoms with Crippen molar-refractivity contribution in [3.05, 3.63) is 29.8 Å².